The Morgan fingerprint density at radius 1 is 1.07 bits per heavy atom. The van der Waals surface area contributed by atoms with Crippen molar-refractivity contribution in [3.05, 3.63) is 64.7 Å². The number of carbonyl (C=O) groups excluding carboxylic acids is 2. The summed E-state index contributed by atoms with van der Waals surface area (Å²) in [6.07, 6.45) is 0.805. The molecule has 0 unspecified atom stereocenters. The fraction of sp³-hybridized carbons (Fsp3) is 0.417. The Balaban J connectivity index is 2.14. The highest BCUT2D eigenvalue weighted by Gasteiger charge is 2.26. The molecule has 0 saturated heterocycles. The summed E-state index contributed by atoms with van der Waals surface area (Å²) in [4.78, 5) is 27.4. The summed E-state index contributed by atoms with van der Waals surface area (Å²) in [7, 11) is 1.61. The molecule has 1 atom stereocenters. The minimum Gasteiger partial charge on any atom is -0.497 e. The lowest BCUT2D eigenvalue weighted by atomic mass is 10.1. The van der Waals surface area contributed by atoms with Crippen molar-refractivity contribution in [2.75, 3.05) is 13.7 Å². The number of benzene rings is 2. The molecule has 0 heterocycles. The first-order chi connectivity index (χ1) is 14.3. The quantitative estimate of drug-likeness (QED) is 0.605. The molecule has 0 aliphatic carbocycles. The summed E-state index contributed by atoms with van der Waals surface area (Å²) in [5, 5.41) is 3.58. The average molecular weight is 431 g/mol. The molecule has 0 aliphatic heterocycles. The monoisotopic (exact) mass is 430 g/mol. The van der Waals surface area contributed by atoms with Crippen molar-refractivity contribution in [3.8, 4) is 5.75 Å². The maximum absolute atomic E-state index is 13.1. The van der Waals surface area contributed by atoms with Crippen molar-refractivity contribution in [2.45, 2.75) is 46.2 Å². The van der Waals surface area contributed by atoms with E-state index in [0.29, 0.717) is 30.5 Å². The van der Waals surface area contributed by atoms with Crippen LogP contribution in [0.5, 0.6) is 5.75 Å². The van der Waals surface area contributed by atoms with E-state index in [1.807, 2.05) is 62.4 Å². The summed E-state index contributed by atoms with van der Waals surface area (Å²) in [6, 6.07) is 14.5. The van der Waals surface area contributed by atoms with Gasteiger partial charge in [0.05, 0.1) is 7.11 Å². The summed E-state index contributed by atoms with van der Waals surface area (Å²) < 4.78 is 5.20. The van der Waals surface area contributed by atoms with Gasteiger partial charge in [-0.1, -0.05) is 55.8 Å². The van der Waals surface area contributed by atoms with Crippen LogP contribution in [0.15, 0.2) is 48.5 Å². The van der Waals surface area contributed by atoms with E-state index >= 15 is 0 Å². The van der Waals surface area contributed by atoms with Gasteiger partial charge >= 0.3 is 0 Å². The number of hydrogen-bond acceptors (Lipinski definition) is 3. The minimum atomic E-state index is -0.579. The largest absolute Gasteiger partial charge is 0.497 e. The molecule has 0 fully saturated rings. The number of aryl methyl sites for hydroxylation is 1. The molecule has 0 aliphatic rings. The van der Waals surface area contributed by atoms with Crippen LogP contribution in [-0.2, 0) is 22.6 Å². The van der Waals surface area contributed by atoms with E-state index in [2.05, 4.69) is 5.32 Å². The smallest absolute Gasteiger partial charge is 0.242 e. The highest BCUT2D eigenvalue weighted by atomic mass is 35.5. The van der Waals surface area contributed by atoms with Gasteiger partial charge in [-0.25, -0.2) is 0 Å². The van der Waals surface area contributed by atoms with Crippen molar-refractivity contribution in [1.29, 1.82) is 0 Å². The maximum Gasteiger partial charge on any atom is 0.242 e. The average Bonchev–Trinajstić information content (AvgIpc) is 2.74. The Morgan fingerprint density at radius 3 is 2.33 bits per heavy atom. The molecule has 0 bridgehead atoms. The molecular weight excluding hydrogens is 400 g/mol. The van der Waals surface area contributed by atoms with Crippen LogP contribution < -0.4 is 10.1 Å². The molecule has 30 heavy (non-hydrogen) atoms. The molecule has 2 aromatic carbocycles. The lowest BCUT2D eigenvalue weighted by Gasteiger charge is -2.29. The molecule has 2 amide bonds. The highest BCUT2D eigenvalue weighted by Crippen LogP contribution is 2.19. The fourth-order valence-electron chi connectivity index (χ4n) is 3.05. The normalized spacial score (nSPS) is 11.8. The van der Waals surface area contributed by atoms with Gasteiger partial charge in [0.15, 0.2) is 0 Å². The first kappa shape index (κ1) is 23.7. The summed E-state index contributed by atoms with van der Waals surface area (Å²) in [5.74, 6) is 0.853. The third kappa shape index (κ3) is 7.06. The van der Waals surface area contributed by atoms with Crippen LogP contribution in [0.3, 0.4) is 0 Å². The molecule has 2 aromatic rings. The highest BCUT2D eigenvalue weighted by molar-refractivity contribution is 6.31. The molecule has 0 aromatic heterocycles. The second kappa shape index (κ2) is 11.6. The van der Waals surface area contributed by atoms with Crippen LogP contribution in [0.4, 0.5) is 0 Å². The molecule has 0 radical (unpaired) electrons. The molecule has 0 saturated carbocycles. The van der Waals surface area contributed by atoms with E-state index in [0.717, 1.165) is 16.9 Å². The number of rotatable bonds is 10. The maximum atomic E-state index is 13.1. The van der Waals surface area contributed by atoms with Crippen LogP contribution in [0.1, 0.15) is 38.3 Å². The molecule has 1 N–H and O–H groups in total. The number of methoxy groups -OCH3 is 1. The molecule has 0 spiro atoms. The molecular formula is C24H31ClN2O3. The fourth-order valence-corrected chi connectivity index (χ4v) is 3.28. The zero-order valence-electron chi connectivity index (χ0n) is 18.2. The van der Waals surface area contributed by atoms with Gasteiger partial charge in [-0.15, -0.1) is 0 Å². The number of halogens is 1. The van der Waals surface area contributed by atoms with Crippen LogP contribution in [0.25, 0.3) is 0 Å². The standard InChI is InChI=1S/C24H31ClN2O3/c1-17(2)15-26-24(29)18(3)27(16-19-9-12-21(30-4)13-10-19)23(28)14-11-20-7-5-6-8-22(20)25/h5-10,12-13,17-18H,11,14-16H2,1-4H3,(H,26,29)/t18-/m1/s1. The van der Waals surface area contributed by atoms with Gasteiger partial charge in [0.25, 0.3) is 0 Å². The number of nitrogens with one attached hydrogen (secondary N) is 1. The third-order valence-corrected chi connectivity index (χ3v) is 5.30. The van der Waals surface area contributed by atoms with Crippen molar-refractivity contribution < 1.29 is 14.3 Å². The summed E-state index contributed by atoms with van der Waals surface area (Å²) in [5.41, 5.74) is 1.86. The first-order valence-electron chi connectivity index (χ1n) is 10.2. The number of ether oxygens (including phenoxy) is 1. The lowest BCUT2D eigenvalue weighted by molar-refractivity contribution is -0.140. The van der Waals surface area contributed by atoms with Gasteiger partial charge < -0.3 is 15.0 Å². The summed E-state index contributed by atoms with van der Waals surface area (Å²) >= 11 is 6.23. The molecule has 162 valence electrons. The van der Waals surface area contributed by atoms with Gasteiger partial charge in [0, 0.05) is 24.5 Å². The van der Waals surface area contributed by atoms with Gasteiger partial charge in [0.1, 0.15) is 11.8 Å². The van der Waals surface area contributed by atoms with Crippen molar-refractivity contribution in [2.24, 2.45) is 5.92 Å². The van der Waals surface area contributed by atoms with Crippen LogP contribution >= 0.6 is 11.6 Å². The van der Waals surface area contributed by atoms with Gasteiger partial charge in [-0.2, -0.15) is 0 Å². The molecule has 5 nitrogen and oxygen atoms in total. The minimum absolute atomic E-state index is 0.0852. The van der Waals surface area contributed by atoms with Gasteiger partial charge in [-0.05, 0) is 48.6 Å². The van der Waals surface area contributed by atoms with Crippen molar-refractivity contribution in [3.63, 3.8) is 0 Å². The lowest BCUT2D eigenvalue weighted by Crippen LogP contribution is -2.48. The number of nitrogens with zero attached hydrogens (tertiary/aromatic N) is 1. The Bertz CT molecular complexity index is 837. The van der Waals surface area contributed by atoms with Gasteiger partial charge in [-0.3, -0.25) is 9.59 Å². The Labute approximate surface area is 184 Å². The summed E-state index contributed by atoms with van der Waals surface area (Å²) in [6.45, 7) is 6.77. The van der Waals surface area contributed by atoms with Crippen LogP contribution in [-0.4, -0.2) is 36.4 Å². The molecule has 6 heteroatoms. The van der Waals surface area contributed by atoms with E-state index in [9.17, 15) is 9.59 Å². The number of amides is 2. The van der Waals surface area contributed by atoms with Gasteiger partial charge in [0.2, 0.25) is 11.8 Å². The van der Waals surface area contributed by atoms with Crippen molar-refractivity contribution >= 4 is 23.4 Å². The second-order valence-electron chi connectivity index (χ2n) is 7.78. The van der Waals surface area contributed by atoms with Crippen LogP contribution in [0, 0.1) is 5.92 Å². The number of carbonyl (C=O) groups is 2. The predicted molar refractivity (Wildman–Crippen MR) is 121 cm³/mol. The second-order valence-corrected chi connectivity index (χ2v) is 8.18. The Morgan fingerprint density at radius 2 is 1.73 bits per heavy atom. The van der Waals surface area contributed by atoms with E-state index in [1.165, 1.54) is 0 Å². The number of hydrogen-bond donors (Lipinski definition) is 1. The van der Waals surface area contributed by atoms with E-state index in [-0.39, 0.29) is 18.2 Å². The van der Waals surface area contributed by atoms with E-state index in [4.69, 9.17) is 16.3 Å². The Kier molecular flexibility index (Phi) is 9.18. The van der Waals surface area contributed by atoms with Crippen LogP contribution in [0.2, 0.25) is 5.02 Å². The topological polar surface area (TPSA) is 58.6 Å². The zero-order valence-corrected chi connectivity index (χ0v) is 18.9. The first-order valence-corrected chi connectivity index (χ1v) is 10.6. The van der Waals surface area contributed by atoms with Crippen molar-refractivity contribution in [1.82, 2.24) is 10.2 Å². The van der Waals surface area contributed by atoms with E-state index < -0.39 is 6.04 Å². The SMILES string of the molecule is COc1ccc(CN(C(=O)CCc2ccccc2Cl)[C@H](C)C(=O)NCC(C)C)cc1. The Hall–Kier alpha value is -2.53. The van der Waals surface area contributed by atoms with E-state index in [1.54, 1.807) is 18.9 Å². The third-order valence-electron chi connectivity index (χ3n) is 4.93. The predicted octanol–water partition coefficient (Wildman–Crippen LogP) is 4.47. The molecule has 2 rings (SSSR count). The zero-order chi connectivity index (χ0) is 22.1.